The third-order valence-electron chi connectivity index (χ3n) is 6.39. The Balaban J connectivity index is 1.37. The third-order valence-corrected chi connectivity index (χ3v) is 6.39. The van der Waals surface area contributed by atoms with Gasteiger partial charge in [0.1, 0.15) is 12.1 Å². The molecule has 182 valence electrons. The van der Waals surface area contributed by atoms with Gasteiger partial charge in [0, 0.05) is 23.2 Å². The van der Waals surface area contributed by atoms with E-state index in [4.69, 9.17) is 0 Å². The van der Waals surface area contributed by atoms with Crippen LogP contribution in [0.4, 0.5) is 5.82 Å². The van der Waals surface area contributed by atoms with Crippen molar-refractivity contribution in [2.24, 2.45) is 0 Å². The predicted octanol–water partition coefficient (Wildman–Crippen LogP) is 4.23. The average molecular weight is 491 g/mol. The van der Waals surface area contributed by atoms with Gasteiger partial charge >= 0.3 is 0 Å². The maximum absolute atomic E-state index is 13.0. The van der Waals surface area contributed by atoms with Crippen molar-refractivity contribution in [3.8, 4) is 11.5 Å². The number of fused-ring (bicyclic) bond motifs is 2. The fourth-order valence-electron chi connectivity index (χ4n) is 4.35. The first-order chi connectivity index (χ1) is 17.9. The number of hydrogen-bond acceptors (Lipinski definition) is 6. The molecule has 0 fully saturated rings. The summed E-state index contributed by atoms with van der Waals surface area (Å²) in [5.41, 5.74) is 5.51. The lowest BCUT2D eigenvalue weighted by atomic mass is 10.1. The minimum Gasteiger partial charge on any atom is -0.360 e. The summed E-state index contributed by atoms with van der Waals surface area (Å²) < 4.78 is 3.23. The van der Waals surface area contributed by atoms with Gasteiger partial charge in [-0.1, -0.05) is 24.3 Å². The summed E-state index contributed by atoms with van der Waals surface area (Å²) in [6.07, 6.45) is 4.64. The molecule has 37 heavy (non-hydrogen) atoms. The molecule has 0 aliphatic carbocycles. The van der Waals surface area contributed by atoms with Crippen LogP contribution in [0.25, 0.3) is 33.4 Å². The number of hydrogen-bond donors (Lipinski definition) is 2. The maximum Gasteiger partial charge on any atom is 0.298 e. The van der Waals surface area contributed by atoms with Crippen LogP contribution in [0, 0.1) is 20.8 Å². The van der Waals surface area contributed by atoms with Crippen LogP contribution < -0.4 is 5.32 Å². The molecule has 0 aliphatic heterocycles. The molecule has 6 aromatic rings. The minimum absolute atomic E-state index is 0.301. The van der Waals surface area contributed by atoms with E-state index in [2.05, 4.69) is 37.4 Å². The summed E-state index contributed by atoms with van der Waals surface area (Å²) in [6.45, 7) is 5.90. The van der Waals surface area contributed by atoms with Crippen molar-refractivity contribution in [2.75, 3.05) is 5.32 Å². The van der Waals surface area contributed by atoms with Crippen LogP contribution in [0.15, 0.2) is 67.3 Å². The van der Waals surface area contributed by atoms with E-state index in [1.54, 1.807) is 36.1 Å². The fraction of sp³-hybridized carbons (Fsp3) is 0.111. The number of nitrogens with one attached hydrogen (secondary N) is 2. The van der Waals surface area contributed by atoms with Crippen molar-refractivity contribution >= 4 is 39.4 Å². The van der Waals surface area contributed by atoms with E-state index in [1.807, 2.05) is 43.3 Å². The van der Waals surface area contributed by atoms with Crippen LogP contribution in [0.5, 0.6) is 0 Å². The smallest absolute Gasteiger partial charge is 0.298 e. The van der Waals surface area contributed by atoms with Crippen molar-refractivity contribution in [1.82, 2.24) is 34.5 Å². The van der Waals surface area contributed by atoms with Gasteiger partial charge in [0.2, 0.25) is 0 Å². The second-order valence-electron chi connectivity index (χ2n) is 8.87. The van der Waals surface area contributed by atoms with E-state index in [9.17, 15) is 9.59 Å². The third kappa shape index (κ3) is 3.75. The number of aromatic nitrogens is 7. The van der Waals surface area contributed by atoms with Gasteiger partial charge < -0.3 is 10.3 Å². The SMILES string of the molecule is Cc1cc(NC(=O)C(=O)c2c[nH]c3ccccc23)n(-c2ncnc3c2cnn3-c2ccc(C)c(C)c2)n1. The zero-order valence-electron chi connectivity index (χ0n) is 20.4. The molecule has 0 atom stereocenters. The molecule has 0 spiro atoms. The quantitative estimate of drug-likeness (QED) is 0.275. The number of aryl methyl sites for hydroxylation is 3. The Hall–Kier alpha value is -5.12. The molecule has 0 saturated heterocycles. The van der Waals surface area contributed by atoms with Crippen molar-refractivity contribution in [3.05, 3.63) is 89.6 Å². The molecule has 0 saturated carbocycles. The van der Waals surface area contributed by atoms with Crippen molar-refractivity contribution in [2.45, 2.75) is 20.8 Å². The molecule has 10 nitrogen and oxygen atoms in total. The van der Waals surface area contributed by atoms with Crippen LogP contribution in [0.2, 0.25) is 0 Å². The standard InChI is InChI=1S/C27H22N8O2/c1-15-8-9-18(10-16(15)2)34-25-21(13-31-34)26(30-14-29-25)35-23(11-17(3)33-35)32-27(37)24(36)20-12-28-22-7-5-4-6-19(20)22/h4-14,28H,1-3H3,(H,32,37). The molecule has 0 aliphatic rings. The van der Waals surface area contributed by atoms with Crippen LogP contribution in [-0.4, -0.2) is 46.2 Å². The van der Waals surface area contributed by atoms with E-state index in [0.29, 0.717) is 39.3 Å². The molecule has 0 radical (unpaired) electrons. The highest BCUT2D eigenvalue weighted by molar-refractivity contribution is 6.48. The Morgan fingerprint density at radius 1 is 0.919 bits per heavy atom. The van der Waals surface area contributed by atoms with Crippen molar-refractivity contribution in [1.29, 1.82) is 0 Å². The molecule has 2 N–H and O–H groups in total. The number of rotatable bonds is 5. The summed E-state index contributed by atoms with van der Waals surface area (Å²) in [7, 11) is 0. The highest BCUT2D eigenvalue weighted by atomic mass is 16.2. The van der Waals surface area contributed by atoms with Crippen LogP contribution in [-0.2, 0) is 4.79 Å². The molecule has 6 rings (SSSR count). The number of carbonyl (C=O) groups is 2. The molecule has 10 heteroatoms. The van der Waals surface area contributed by atoms with E-state index in [0.717, 1.165) is 16.8 Å². The molecule has 0 bridgehead atoms. The lowest BCUT2D eigenvalue weighted by molar-refractivity contribution is -0.112. The summed E-state index contributed by atoms with van der Waals surface area (Å²) >= 11 is 0. The average Bonchev–Trinajstić information content (AvgIpc) is 3.61. The lowest BCUT2D eigenvalue weighted by Gasteiger charge is -2.09. The summed E-state index contributed by atoms with van der Waals surface area (Å²) in [4.78, 5) is 37.9. The van der Waals surface area contributed by atoms with E-state index < -0.39 is 11.7 Å². The zero-order valence-corrected chi connectivity index (χ0v) is 20.4. The van der Waals surface area contributed by atoms with E-state index >= 15 is 0 Å². The topological polar surface area (TPSA) is 123 Å². The van der Waals surface area contributed by atoms with Gasteiger partial charge in [-0.15, -0.1) is 0 Å². The molecule has 1 amide bonds. The lowest BCUT2D eigenvalue weighted by Crippen LogP contribution is -2.24. The molecule has 2 aromatic carbocycles. The number of aromatic amines is 1. The summed E-state index contributed by atoms with van der Waals surface area (Å²) in [5.74, 6) is -0.682. The largest absolute Gasteiger partial charge is 0.360 e. The Morgan fingerprint density at radius 3 is 2.59 bits per heavy atom. The zero-order chi connectivity index (χ0) is 25.7. The number of nitrogens with zero attached hydrogens (tertiary/aromatic N) is 6. The Bertz CT molecular complexity index is 1840. The number of H-pyrrole nitrogens is 1. The Morgan fingerprint density at radius 2 is 1.76 bits per heavy atom. The second-order valence-corrected chi connectivity index (χ2v) is 8.87. The van der Waals surface area contributed by atoms with Gasteiger partial charge in [-0.2, -0.15) is 14.9 Å². The molecule has 4 aromatic heterocycles. The first-order valence-electron chi connectivity index (χ1n) is 11.7. The highest BCUT2D eigenvalue weighted by Crippen LogP contribution is 2.25. The first kappa shape index (κ1) is 22.4. The van der Waals surface area contributed by atoms with Gasteiger partial charge in [0.15, 0.2) is 11.5 Å². The fourth-order valence-corrected chi connectivity index (χ4v) is 4.35. The maximum atomic E-state index is 13.0. The number of Topliss-reactive ketones (excluding diaryl/α,β-unsaturated/α-hetero) is 1. The second kappa shape index (κ2) is 8.52. The number of ketones is 1. The molecular formula is C27H22N8O2. The highest BCUT2D eigenvalue weighted by Gasteiger charge is 2.23. The molecule has 4 heterocycles. The van der Waals surface area contributed by atoms with Crippen molar-refractivity contribution < 1.29 is 9.59 Å². The van der Waals surface area contributed by atoms with Gasteiger partial charge in [-0.25, -0.2) is 14.6 Å². The van der Waals surface area contributed by atoms with Gasteiger partial charge in [-0.3, -0.25) is 9.59 Å². The number of amides is 1. The van der Waals surface area contributed by atoms with E-state index in [1.165, 1.54) is 16.6 Å². The minimum atomic E-state index is -0.776. The number of anilines is 1. The number of benzene rings is 2. The number of carbonyl (C=O) groups excluding carboxylic acids is 2. The predicted molar refractivity (Wildman–Crippen MR) is 139 cm³/mol. The van der Waals surface area contributed by atoms with Crippen LogP contribution in [0.3, 0.4) is 0 Å². The summed E-state index contributed by atoms with van der Waals surface area (Å²) in [5, 5.41) is 13.1. The van der Waals surface area contributed by atoms with E-state index in [-0.39, 0.29) is 0 Å². The molecule has 0 unspecified atom stereocenters. The first-order valence-corrected chi connectivity index (χ1v) is 11.7. The van der Waals surface area contributed by atoms with Gasteiger partial charge in [0.25, 0.3) is 11.7 Å². The van der Waals surface area contributed by atoms with Crippen LogP contribution >= 0.6 is 0 Å². The van der Waals surface area contributed by atoms with Gasteiger partial charge in [0.05, 0.1) is 28.5 Å². The van der Waals surface area contributed by atoms with Crippen molar-refractivity contribution in [3.63, 3.8) is 0 Å². The normalized spacial score (nSPS) is 11.3. The Labute approximate surface area is 211 Å². The Kier molecular flexibility index (Phi) is 5.15. The monoisotopic (exact) mass is 490 g/mol. The van der Waals surface area contributed by atoms with Crippen LogP contribution in [0.1, 0.15) is 27.2 Å². The van der Waals surface area contributed by atoms with Gasteiger partial charge in [-0.05, 0) is 50.1 Å². The molecular weight excluding hydrogens is 468 g/mol. The summed E-state index contributed by atoms with van der Waals surface area (Å²) in [6, 6.07) is 15.1. The number of para-hydroxylation sites is 1.